The number of nitrogens with zero attached hydrogens (tertiary/aromatic N) is 3. The fraction of sp³-hybridized carbons (Fsp3) is 0.333. The predicted molar refractivity (Wildman–Crippen MR) is 67.7 cm³/mol. The molecule has 1 aromatic heterocycles. The van der Waals surface area contributed by atoms with Crippen molar-refractivity contribution in [3.05, 3.63) is 34.4 Å². The molecule has 0 spiro atoms. The third-order valence-electron chi connectivity index (χ3n) is 3.18. The first kappa shape index (κ1) is 10.5. The van der Waals surface area contributed by atoms with Crippen LogP contribution >= 0.6 is 0 Å². The fourth-order valence-electron chi connectivity index (χ4n) is 2.23. The van der Waals surface area contributed by atoms with Crippen LogP contribution in [0.3, 0.4) is 0 Å². The maximum Gasteiger partial charge on any atom is 0.261 e. The Bertz CT molecular complexity index is 650. The number of rotatable bonds is 0. The lowest BCUT2D eigenvalue weighted by Gasteiger charge is -2.25. The summed E-state index contributed by atoms with van der Waals surface area (Å²) >= 11 is 0. The van der Waals surface area contributed by atoms with E-state index in [-0.39, 0.29) is 5.56 Å². The van der Waals surface area contributed by atoms with Gasteiger partial charge < -0.3 is 0 Å². The monoisotopic (exact) mass is 225 g/mol. The Morgan fingerprint density at radius 3 is 3.00 bits per heavy atom. The first-order valence-corrected chi connectivity index (χ1v) is 5.62. The lowest BCUT2D eigenvalue weighted by Crippen LogP contribution is -2.38. The molecule has 0 N–H and O–H groups in total. The maximum atomic E-state index is 12.3. The summed E-state index contributed by atoms with van der Waals surface area (Å²) in [6.07, 6.45) is 0. The molecule has 0 bridgehead atoms. The van der Waals surface area contributed by atoms with Gasteiger partial charge in [0.15, 0.2) is 0 Å². The lowest BCUT2D eigenvalue weighted by atomic mass is 9.95. The Labute approximate surface area is 100 Å². The quantitative estimate of drug-likeness (QED) is 0.574. The summed E-state index contributed by atoms with van der Waals surface area (Å²) in [5.74, 6) is 0.821. The topological polar surface area (TPSA) is 38.1 Å². The van der Waals surface area contributed by atoms with Gasteiger partial charge in [0.1, 0.15) is 13.7 Å². The van der Waals surface area contributed by atoms with E-state index >= 15 is 0 Å². The molecule has 2 heterocycles. The summed E-state index contributed by atoms with van der Waals surface area (Å²) < 4.78 is 1.76. The molecule has 4 nitrogen and oxygen atoms in total. The third-order valence-corrected chi connectivity index (χ3v) is 3.18. The van der Waals surface area contributed by atoms with Crippen LogP contribution < -0.4 is 11.0 Å². The lowest BCUT2D eigenvalue weighted by molar-refractivity contribution is 0.259. The van der Waals surface area contributed by atoms with Crippen molar-refractivity contribution in [1.29, 1.82) is 0 Å². The van der Waals surface area contributed by atoms with Crippen LogP contribution in [-0.2, 0) is 13.1 Å². The second-order valence-electron chi connectivity index (χ2n) is 4.50. The Morgan fingerprint density at radius 2 is 2.18 bits per heavy atom. The van der Waals surface area contributed by atoms with Crippen LogP contribution in [0.4, 0.5) is 0 Å². The standard InChI is InChI=1S/C12H12BN3O/c1-15-4-5-16-11(7-15)14-10-6-8(13)2-3-9(10)12(16)17/h2-3,6H,4-5,7H2,1H3. The molecule has 0 saturated carbocycles. The summed E-state index contributed by atoms with van der Waals surface area (Å²) in [7, 11) is 7.75. The summed E-state index contributed by atoms with van der Waals surface area (Å²) in [5.41, 5.74) is 1.37. The van der Waals surface area contributed by atoms with E-state index in [0.717, 1.165) is 12.4 Å². The van der Waals surface area contributed by atoms with Crippen molar-refractivity contribution >= 4 is 24.2 Å². The number of benzene rings is 1. The minimum atomic E-state index is 0.0399. The molecule has 0 atom stereocenters. The van der Waals surface area contributed by atoms with Gasteiger partial charge in [-0.1, -0.05) is 11.5 Å². The van der Waals surface area contributed by atoms with Gasteiger partial charge in [-0.25, -0.2) is 4.98 Å². The molecule has 17 heavy (non-hydrogen) atoms. The maximum absolute atomic E-state index is 12.3. The van der Waals surface area contributed by atoms with Crippen LogP contribution in [0, 0.1) is 0 Å². The molecule has 84 valence electrons. The van der Waals surface area contributed by atoms with Crippen molar-refractivity contribution in [2.45, 2.75) is 13.1 Å². The van der Waals surface area contributed by atoms with Gasteiger partial charge in [0.05, 0.1) is 17.4 Å². The van der Waals surface area contributed by atoms with Crippen LogP contribution in [0.25, 0.3) is 10.9 Å². The van der Waals surface area contributed by atoms with Crippen molar-refractivity contribution < 1.29 is 0 Å². The fourth-order valence-corrected chi connectivity index (χ4v) is 2.23. The molecular weight excluding hydrogens is 213 g/mol. The molecule has 5 heteroatoms. The van der Waals surface area contributed by atoms with Gasteiger partial charge in [-0.15, -0.1) is 0 Å². The molecule has 3 rings (SSSR count). The van der Waals surface area contributed by atoms with E-state index in [2.05, 4.69) is 9.88 Å². The van der Waals surface area contributed by atoms with E-state index in [0.29, 0.717) is 29.5 Å². The highest BCUT2D eigenvalue weighted by molar-refractivity contribution is 6.33. The zero-order chi connectivity index (χ0) is 12.0. The van der Waals surface area contributed by atoms with Crippen LogP contribution in [0.2, 0.25) is 0 Å². The first-order valence-electron chi connectivity index (χ1n) is 5.62. The third kappa shape index (κ3) is 1.67. The number of fused-ring (bicyclic) bond motifs is 2. The average molecular weight is 225 g/mol. The van der Waals surface area contributed by atoms with E-state index < -0.39 is 0 Å². The van der Waals surface area contributed by atoms with Gasteiger partial charge in [0.2, 0.25) is 0 Å². The molecule has 0 saturated heterocycles. The molecule has 2 aromatic rings. The van der Waals surface area contributed by atoms with Crippen molar-refractivity contribution in [3.63, 3.8) is 0 Å². The van der Waals surface area contributed by atoms with E-state index in [4.69, 9.17) is 7.85 Å². The van der Waals surface area contributed by atoms with Gasteiger partial charge >= 0.3 is 0 Å². The van der Waals surface area contributed by atoms with Crippen LogP contribution in [0.5, 0.6) is 0 Å². The van der Waals surface area contributed by atoms with Crippen molar-refractivity contribution in [1.82, 2.24) is 14.5 Å². The van der Waals surface area contributed by atoms with Gasteiger partial charge in [0, 0.05) is 13.1 Å². The van der Waals surface area contributed by atoms with Gasteiger partial charge in [0.25, 0.3) is 5.56 Å². The van der Waals surface area contributed by atoms with Crippen molar-refractivity contribution in [2.75, 3.05) is 13.6 Å². The number of likely N-dealkylation sites (N-methyl/N-ethyl adjacent to an activating group) is 1. The van der Waals surface area contributed by atoms with E-state index in [1.165, 1.54) is 0 Å². The molecule has 1 aromatic carbocycles. The zero-order valence-electron chi connectivity index (χ0n) is 9.68. The molecule has 0 amide bonds. The summed E-state index contributed by atoms with van der Waals surface area (Å²) in [6, 6.07) is 5.26. The van der Waals surface area contributed by atoms with Gasteiger partial charge in [-0.2, -0.15) is 0 Å². The second kappa shape index (κ2) is 3.70. The molecule has 0 fully saturated rings. The molecule has 1 aliphatic rings. The van der Waals surface area contributed by atoms with Crippen LogP contribution in [0.1, 0.15) is 5.82 Å². The Morgan fingerprint density at radius 1 is 1.35 bits per heavy atom. The van der Waals surface area contributed by atoms with E-state index in [1.807, 2.05) is 7.05 Å². The largest absolute Gasteiger partial charge is 0.297 e. The SMILES string of the molecule is [B]c1ccc2c(=O)n3c(nc2c1)CN(C)CC3. The molecule has 0 unspecified atom stereocenters. The number of aromatic nitrogens is 2. The number of hydrogen-bond donors (Lipinski definition) is 0. The zero-order valence-corrected chi connectivity index (χ0v) is 9.68. The minimum Gasteiger partial charge on any atom is -0.297 e. The van der Waals surface area contributed by atoms with Crippen LogP contribution in [0.15, 0.2) is 23.0 Å². The highest BCUT2D eigenvalue weighted by Crippen LogP contribution is 2.11. The summed E-state index contributed by atoms with van der Waals surface area (Å²) in [5, 5.41) is 0.646. The van der Waals surface area contributed by atoms with Crippen molar-refractivity contribution in [3.8, 4) is 0 Å². The van der Waals surface area contributed by atoms with Crippen molar-refractivity contribution in [2.24, 2.45) is 0 Å². The van der Waals surface area contributed by atoms with E-state index in [1.54, 1.807) is 22.8 Å². The Balaban J connectivity index is 2.32. The summed E-state index contributed by atoms with van der Waals surface area (Å²) in [4.78, 5) is 18.9. The normalized spacial score (nSPS) is 16.1. The molecule has 1 aliphatic heterocycles. The highest BCUT2D eigenvalue weighted by atomic mass is 16.1. The van der Waals surface area contributed by atoms with Gasteiger partial charge in [-0.05, 0) is 19.2 Å². The van der Waals surface area contributed by atoms with Crippen LogP contribution in [-0.4, -0.2) is 35.9 Å². The summed E-state index contributed by atoms with van der Waals surface area (Å²) in [6.45, 7) is 2.30. The highest BCUT2D eigenvalue weighted by Gasteiger charge is 2.17. The Hall–Kier alpha value is -1.62. The Kier molecular flexibility index (Phi) is 2.29. The van der Waals surface area contributed by atoms with E-state index in [9.17, 15) is 4.79 Å². The predicted octanol–water partition coefficient (Wildman–Crippen LogP) is -0.364. The molecular formula is C12H12BN3O. The molecule has 2 radical (unpaired) electrons. The number of hydrogen-bond acceptors (Lipinski definition) is 3. The second-order valence-corrected chi connectivity index (χ2v) is 4.50. The minimum absolute atomic E-state index is 0.0399. The first-order chi connectivity index (χ1) is 8.15. The average Bonchev–Trinajstić information content (AvgIpc) is 2.28. The molecule has 0 aliphatic carbocycles. The van der Waals surface area contributed by atoms with Gasteiger partial charge in [-0.3, -0.25) is 14.3 Å². The smallest absolute Gasteiger partial charge is 0.261 e.